The fourth-order valence-electron chi connectivity index (χ4n) is 2.54. The molecule has 1 aromatic carbocycles. The Morgan fingerprint density at radius 3 is 2.74 bits per heavy atom. The van der Waals surface area contributed by atoms with Crippen LogP contribution in [-0.4, -0.2) is 24.9 Å². The van der Waals surface area contributed by atoms with Crippen molar-refractivity contribution in [3.05, 3.63) is 52.1 Å². The molecule has 5 nitrogen and oxygen atoms in total. The molecule has 2 heterocycles. The van der Waals surface area contributed by atoms with E-state index in [-0.39, 0.29) is 5.56 Å². The van der Waals surface area contributed by atoms with Gasteiger partial charge in [-0.3, -0.25) is 13.8 Å². The van der Waals surface area contributed by atoms with Crippen molar-refractivity contribution in [2.24, 2.45) is 0 Å². The summed E-state index contributed by atoms with van der Waals surface area (Å²) in [6.07, 6.45) is 5.92. The van der Waals surface area contributed by atoms with Gasteiger partial charge in [-0.15, -0.1) is 10.2 Å². The zero-order chi connectivity index (χ0) is 16.4. The van der Waals surface area contributed by atoms with E-state index in [1.807, 2.05) is 32.2 Å². The van der Waals surface area contributed by atoms with Gasteiger partial charge in [0, 0.05) is 18.1 Å². The highest BCUT2D eigenvalue weighted by molar-refractivity contribution is 7.99. The first-order chi connectivity index (χ1) is 11.1. The predicted molar refractivity (Wildman–Crippen MR) is 93.7 cm³/mol. The lowest BCUT2D eigenvalue weighted by atomic mass is 10.1. The van der Waals surface area contributed by atoms with Gasteiger partial charge >= 0.3 is 5.56 Å². The lowest BCUT2D eigenvalue weighted by Crippen LogP contribution is -2.21. The molecule has 0 amide bonds. The van der Waals surface area contributed by atoms with E-state index in [2.05, 4.69) is 23.2 Å². The Hall–Kier alpha value is -2.08. The summed E-state index contributed by atoms with van der Waals surface area (Å²) >= 11 is 1.64. The first-order valence-electron chi connectivity index (χ1n) is 7.78. The highest BCUT2D eigenvalue weighted by atomic mass is 32.2. The zero-order valence-electron chi connectivity index (χ0n) is 13.6. The van der Waals surface area contributed by atoms with Crippen LogP contribution in [0.3, 0.4) is 0 Å². The first-order valence-corrected chi connectivity index (χ1v) is 8.77. The smallest absolute Gasteiger partial charge is 0.279 e. The van der Waals surface area contributed by atoms with Crippen LogP contribution in [0.1, 0.15) is 30.9 Å². The number of thioether (sulfide) groups is 1. The number of unbranched alkanes of at least 4 members (excludes halogenated alkanes) is 1. The number of fused-ring (bicyclic) bond motifs is 1. The molecule has 0 aliphatic rings. The van der Waals surface area contributed by atoms with Gasteiger partial charge in [-0.1, -0.05) is 42.8 Å². The van der Waals surface area contributed by atoms with E-state index in [0.717, 1.165) is 35.0 Å². The maximum absolute atomic E-state index is 12.7. The van der Waals surface area contributed by atoms with Gasteiger partial charge in [0.15, 0.2) is 5.16 Å². The monoisotopic (exact) mass is 328 g/mol. The number of hydrogen-bond donors (Lipinski definition) is 0. The molecule has 120 valence electrons. The van der Waals surface area contributed by atoms with Gasteiger partial charge < -0.3 is 0 Å². The van der Waals surface area contributed by atoms with E-state index in [0.29, 0.717) is 5.65 Å². The van der Waals surface area contributed by atoms with Crippen molar-refractivity contribution in [3.8, 4) is 5.69 Å². The lowest BCUT2D eigenvalue weighted by Gasteiger charge is -2.10. The molecule has 0 radical (unpaired) electrons. The number of aryl methyl sites for hydroxylation is 2. The number of hydrogen-bond acceptors (Lipinski definition) is 4. The Kier molecular flexibility index (Phi) is 4.52. The average molecular weight is 328 g/mol. The minimum atomic E-state index is -0.144. The molecule has 0 N–H and O–H groups in total. The largest absolute Gasteiger partial charge is 0.300 e. The van der Waals surface area contributed by atoms with Crippen LogP contribution in [0.2, 0.25) is 0 Å². The van der Waals surface area contributed by atoms with E-state index in [9.17, 15) is 4.79 Å². The lowest BCUT2D eigenvalue weighted by molar-refractivity contribution is 0.871. The van der Waals surface area contributed by atoms with Crippen LogP contribution in [0.15, 0.2) is 40.5 Å². The van der Waals surface area contributed by atoms with Crippen LogP contribution >= 0.6 is 11.8 Å². The Bertz CT molecular complexity index is 897. The molecule has 0 aliphatic heterocycles. The molecule has 0 unspecified atom stereocenters. The highest BCUT2D eigenvalue weighted by Crippen LogP contribution is 2.18. The Balaban J connectivity index is 2.04. The van der Waals surface area contributed by atoms with Gasteiger partial charge in [0.05, 0.1) is 5.69 Å². The summed E-state index contributed by atoms with van der Waals surface area (Å²) in [5, 5.41) is 9.03. The van der Waals surface area contributed by atoms with Crippen molar-refractivity contribution >= 4 is 17.4 Å². The maximum Gasteiger partial charge on any atom is 0.300 e. The summed E-state index contributed by atoms with van der Waals surface area (Å²) in [5.74, 6) is 0.984. The summed E-state index contributed by atoms with van der Waals surface area (Å²) in [5.41, 5.74) is 3.35. The number of rotatable bonds is 5. The third-order valence-electron chi connectivity index (χ3n) is 3.78. The minimum Gasteiger partial charge on any atom is -0.279 e. The van der Waals surface area contributed by atoms with Gasteiger partial charge in [-0.25, -0.2) is 0 Å². The minimum absolute atomic E-state index is 0.144. The van der Waals surface area contributed by atoms with E-state index < -0.39 is 0 Å². The average Bonchev–Trinajstić information content (AvgIpc) is 2.93. The van der Waals surface area contributed by atoms with E-state index >= 15 is 0 Å². The molecule has 3 aromatic rings. The van der Waals surface area contributed by atoms with E-state index in [1.165, 1.54) is 5.56 Å². The molecule has 23 heavy (non-hydrogen) atoms. The Morgan fingerprint density at radius 2 is 2.00 bits per heavy atom. The summed E-state index contributed by atoms with van der Waals surface area (Å²) in [6, 6.07) is 6.05. The van der Waals surface area contributed by atoms with Gasteiger partial charge in [0.25, 0.3) is 0 Å². The first kappa shape index (κ1) is 15.8. The van der Waals surface area contributed by atoms with Gasteiger partial charge in [0.1, 0.15) is 0 Å². The molecule has 2 aromatic heterocycles. The maximum atomic E-state index is 12.7. The number of nitrogens with zero attached hydrogens (tertiary/aromatic N) is 4. The predicted octanol–water partition coefficient (Wildman–Crippen LogP) is 3.39. The van der Waals surface area contributed by atoms with Crippen molar-refractivity contribution in [3.63, 3.8) is 0 Å². The summed E-state index contributed by atoms with van der Waals surface area (Å²) in [6.45, 7) is 6.21. The number of benzene rings is 1. The Labute approximate surface area is 139 Å². The molecule has 0 saturated heterocycles. The second-order valence-corrected chi connectivity index (χ2v) is 6.70. The highest BCUT2D eigenvalue weighted by Gasteiger charge is 2.12. The van der Waals surface area contributed by atoms with Crippen LogP contribution in [0.25, 0.3) is 11.3 Å². The quantitative estimate of drug-likeness (QED) is 0.532. The van der Waals surface area contributed by atoms with Crippen LogP contribution in [0.5, 0.6) is 0 Å². The third kappa shape index (κ3) is 3.03. The topological polar surface area (TPSA) is 52.2 Å². The molecule has 0 atom stereocenters. The zero-order valence-corrected chi connectivity index (χ0v) is 14.4. The molecule has 3 rings (SSSR count). The van der Waals surface area contributed by atoms with Gasteiger partial charge in [-0.2, -0.15) is 0 Å². The van der Waals surface area contributed by atoms with Crippen molar-refractivity contribution in [2.45, 2.75) is 38.8 Å². The van der Waals surface area contributed by atoms with Crippen molar-refractivity contribution in [2.75, 3.05) is 5.75 Å². The van der Waals surface area contributed by atoms with Gasteiger partial charge in [0.2, 0.25) is 5.65 Å². The molecule has 0 spiro atoms. The summed E-state index contributed by atoms with van der Waals surface area (Å²) in [7, 11) is 0. The standard InChI is InChI=1S/C17H20N4OS/c1-4-5-10-23-17-19-18-15-16(22)20(8-9-21(15)17)14-7-6-12(2)11-13(14)3/h6-9,11H,4-5,10H2,1-3H3. The summed E-state index contributed by atoms with van der Waals surface area (Å²) < 4.78 is 3.42. The second-order valence-electron chi connectivity index (χ2n) is 5.64. The molecular weight excluding hydrogens is 308 g/mol. The number of aromatic nitrogens is 4. The SMILES string of the molecule is CCCCSc1nnc2c(=O)n(-c3ccc(C)cc3C)ccn12. The van der Waals surface area contributed by atoms with E-state index in [4.69, 9.17) is 0 Å². The van der Waals surface area contributed by atoms with E-state index in [1.54, 1.807) is 26.9 Å². The van der Waals surface area contributed by atoms with Crippen molar-refractivity contribution in [1.82, 2.24) is 19.2 Å². The van der Waals surface area contributed by atoms with Crippen LogP contribution in [0.4, 0.5) is 0 Å². The molecule has 0 aliphatic carbocycles. The van der Waals surface area contributed by atoms with Crippen molar-refractivity contribution in [1.29, 1.82) is 0 Å². The molecule has 0 bridgehead atoms. The fourth-order valence-corrected chi connectivity index (χ4v) is 3.54. The fraction of sp³-hybridized carbons (Fsp3) is 0.353. The van der Waals surface area contributed by atoms with Crippen LogP contribution in [-0.2, 0) is 0 Å². The Morgan fingerprint density at radius 1 is 1.17 bits per heavy atom. The molecule has 6 heteroatoms. The summed E-state index contributed by atoms with van der Waals surface area (Å²) in [4.78, 5) is 12.7. The van der Waals surface area contributed by atoms with Crippen molar-refractivity contribution < 1.29 is 0 Å². The molecular formula is C17H20N4OS. The normalized spacial score (nSPS) is 11.3. The third-order valence-corrected chi connectivity index (χ3v) is 4.81. The molecule has 0 saturated carbocycles. The van der Waals surface area contributed by atoms with Crippen LogP contribution in [0, 0.1) is 13.8 Å². The van der Waals surface area contributed by atoms with Crippen LogP contribution < -0.4 is 5.56 Å². The van der Waals surface area contributed by atoms with Gasteiger partial charge in [-0.05, 0) is 31.9 Å². The molecule has 0 fully saturated rings. The second kappa shape index (κ2) is 6.58.